The van der Waals surface area contributed by atoms with Crippen LogP contribution in [0, 0.1) is 0 Å². The van der Waals surface area contributed by atoms with Gasteiger partial charge in [0.1, 0.15) is 6.54 Å². The summed E-state index contributed by atoms with van der Waals surface area (Å²) in [6.07, 6.45) is 4.58. The zero-order valence-corrected chi connectivity index (χ0v) is 14.9. The molecule has 6 heteroatoms. The maximum Gasteiger partial charge on any atom is 0.326 e. The molecule has 0 unspecified atom stereocenters. The summed E-state index contributed by atoms with van der Waals surface area (Å²) in [5.41, 5.74) is 4.11. The molecule has 1 atom stereocenters. The van der Waals surface area contributed by atoms with Crippen LogP contribution in [0.1, 0.15) is 30.0 Å². The maximum atomic E-state index is 12.2. The van der Waals surface area contributed by atoms with Crippen molar-refractivity contribution in [1.82, 2.24) is 14.9 Å². The lowest BCUT2D eigenvalue weighted by atomic mass is 9.88. The molecule has 0 radical (unpaired) electrons. The highest BCUT2D eigenvalue weighted by Gasteiger charge is 2.21. The van der Waals surface area contributed by atoms with Crippen molar-refractivity contribution in [3.63, 3.8) is 0 Å². The van der Waals surface area contributed by atoms with Crippen LogP contribution in [0.2, 0.25) is 0 Å². The van der Waals surface area contributed by atoms with E-state index in [0.29, 0.717) is 0 Å². The Morgan fingerprint density at radius 2 is 1.96 bits per heavy atom. The van der Waals surface area contributed by atoms with E-state index in [4.69, 9.17) is 4.74 Å². The van der Waals surface area contributed by atoms with Crippen LogP contribution in [0.4, 0.5) is 0 Å². The zero-order valence-electron chi connectivity index (χ0n) is 14.9. The molecule has 27 heavy (non-hydrogen) atoms. The summed E-state index contributed by atoms with van der Waals surface area (Å²) >= 11 is 0. The van der Waals surface area contributed by atoms with E-state index in [1.807, 2.05) is 36.4 Å². The first-order valence-corrected chi connectivity index (χ1v) is 9.13. The van der Waals surface area contributed by atoms with Crippen LogP contribution < -0.4 is 5.32 Å². The predicted molar refractivity (Wildman–Crippen MR) is 101 cm³/mol. The molecule has 0 aliphatic heterocycles. The Morgan fingerprint density at radius 1 is 1.15 bits per heavy atom. The highest BCUT2D eigenvalue weighted by Crippen LogP contribution is 2.29. The Bertz CT molecular complexity index is 979. The summed E-state index contributed by atoms with van der Waals surface area (Å²) in [4.78, 5) is 28.6. The van der Waals surface area contributed by atoms with Crippen molar-refractivity contribution in [2.75, 3.05) is 6.61 Å². The third-order valence-electron chi connectivity index (χ3n) is 4.90. The van der Waals surface area contributed by atoms with Gasteiger partial charge >= 0.3 is 5.97 Å². The number of amides is 1. The second-order valence-electron chi connectivity index (χ2n) is 6.73. The summed E-state index contributed by atoms with van der Waals surface area (Å²) in [6.45, 7) is -0.246. The minimum atomic E-state index is -0.461. The van der Waals surface area contributed by atoms with Gasteiger partial charge in [-0.15, -0.1) is 0 Å². The number of nitrogens with one attached hydrogen (secondary N) is 1. The lowest BCUT2D eigenvalue weighted by Crippen LogP contribution is -2.34. The highest BCUT2D eigenvalue weighted by molar-refractivity contribution is 5.82. The number of benzene rings is 2. The minimum Gasteiger partial charge on any atom is -0.454 e. The van der Waals surface area contributed by atoms with E-state index in [1.165, 1.54) is 5.56 Å². The second-order valence-corrected chi connectivity index (χ2v) is 6.73. The van der Waals surface area contributed by atoms with Crippen LogP contribution in [0.25, 0.3) is 11.0 Å². The summed E-state index contributed by atoms with van der Waals surface area (Å²) in [7, 11) is 0. The average Bonchev–Trinajstić information content (AvgIpc) is 3.10. The maximum absolute atomic E-state index is 12.2. The van der Waals surface area contributed by atoms with Gasteiger partial charge in [0.2, 0.25) is 0 Å². The molecule has 0 bridgehead atoms. The number of rotatable bonds is 5. The SMILES string of the molecule is O=C(COC(=O)Cn1cnc2ccccc21)N[C@@H]1CCCc2ccccc21. The number of hydrogen-bond acceptors (Lipinski definition) is 4. The van der Waals surface area contributed by atoms with Crippen LogP contribution in [0.3, 0.4) is 0 Å². The van der Waals surface area contributed by atoms with Crippen molar-refractivity contribution in [1.29, 1.82) is 0 Å². The van der Waals surface area contributed by atoms with E-state index >= 15 is 0 Å². The zero-order chi connectivity index (χ0) is 18.6. The molecule has 0 spiro atoms. The minimum absolute atomic E-state index is 0.0151. The van der Waals surface area contributed by atoms with E-state index in [-0.39, 0.29) is 25.1 Å². The average molecular weight is 363 g/mol. The molecule has 1 amide bonds. The first kappa shape index (κ1) is 17.3. The number of ether oxygens (including phenoxy) is 1. The Hall–Kier alpha value is -3.15. The van der Waals surface area contributed by atoms with Crippen LogP contribution >= 0.6 is 0 Å². The molecule has 0 saturated carbocycles. The summed E-state index contributed by atoms with van der Waals surface area (Å²) in [5, 5.41) is 2.98. The van der Waals surface area contributed by atoms with E-state index in [9.17, 15) is 9.59 Å². The van der Waals surface area contributed by atoms with Gasteiger partial charge in [-0.05, 0) is 42.5 Å². The molecule has 1 aliphatic rings. The molecule has 1 N–H and O–H groups in total. The second kappa shape index (κ2) is 7.61. The molecular weight excluding hydrogens is 342 g/mol. The molecule has 2 aromatic carbocycles. The number of aryl methyl sites for hydroxylation is 1. The van der Waals surface area contributed by atoms with E-state index in [0.717, 1.165) is 35.9 Å². The van der Waals surface area contributed by atoms with Crippen LogP contribution in [0.15, 0.2) is 54.9 Å². The van der Waals surface area contributed by atoms with Crippen molar-refractivity contribution >= 4 is 22.9 Å². The monoisotopic (exact) mass is 363 g/mol. The number of fused-ring (bicyclic) bond motifs is 2. The first-order chi connectivity index (χ1) is 13.2. The van der Waals surface area contributed by atoms with Crippen molar-refractivity contribution < 1.29 is 14.3 Å². The van der Waals surface area contributed by atoms with Crippen LogP contribution in [-0.4, -0.2) is 28.0 Å². The molecule has 6 nitrogen and oxygen atoms in total. The van der Waals surface area contributed by atoms with Gasteiger partial charge in [-0.1, -0.05) is 36.4 Å². The van der Waals surface area contributed by atoms with E-state index < -0.39 is 5.97 Å². The topological polar surface area (TPSA) is 73.2 Å². The van der Waals surface area contributed by atoms with Gasteiger partial charge < -0.3 is 14.6 Å². The third kappa shape index (κ3) is 3.84. The van der Waals surface area contributed by atoms with Crippen molar-refractivity contribution in [2.24, 2.45) is 0 Å². The van der Waals surface area contributed by atoms with Crippen LogP contribution in [-0.2, 0) is 27.3 Å². The largest absolute Gasteiger partial charge is 0.454 e. The van der Waals surface area contributed by atoms with Crippen molar-refractivity contribution in [3.8, 4) is 0 Å². The summed E-state index contributed by atoms with van der Waals surface area (Å²) < 4.78 is 6.87. The summed E-state index contributed by atoms with van der Waals surface area (Å²) in [6, 6.07) is 15.7. The van der Waals surface area contributed by atoms with Gasteiger partial charge in [-0.25, -0.2) is 4.98 Å². The van der Waals surface area contributed by atoms with Crippen molar-refractivity contribution in [2.45, 2.75) is 31.8 Å². The first-order valence-electron chi connectivity index (χ1n) is 9.13. The molecule has 1 heterocycles. The van der Waals surface area contributed by atoms with Gasteiger partial charge in [0, 0.05) is 0 Å². The molecule has 1 aliphatic carbocycles. The fourth-order valence-corrected chi connectivity index (χ4v) is 3.61. The fourth-order valence-electron chi connectivity index (χ4n) is 3.61. The van der Waals surface area contributed by atoms with E-state index in [2.05, 4.69) is 22.4 Å². The van der Waals surface area contributed by atoms with Gasteiger partial charge in [0.15, 0.2) is 6.61 Å². The number of imidazole rings is 1. The fraction of sp³-hybridized carbons (Fsp3) is 0.286. The Kier molecular flexibility index (Phi) is 4.87. The van der Waals surface area contributed by atoms with E-state index in [1.54, 1.807) is 10.9 Å². The van der Waals surface area contributed by atoms with Gasteiger partial charge in [-0.2, -0.15) is 0 Å². The Labute approximate surface area is 157 Å². The number of carbonyl (C=O) groups excluding carboxylic acids is 2. The number of nitrogens with zero attached hydrogens (tertiary/aromatic N) is 2. The molecule has 3 aromatic rings. The Morgan fingerprint density at radius 3 is 2.89 bits per heavy atom. The molecule has 0 saturated heterocycles. The smallest absolute Gasteiger partial charge is 0.326 e. The third-order valence-corrected chi connectivity index (χ3v) is 4.90. The number of esters is 1. The summed E-state index contributed by atoms with van der Waals surface area (Å²) in [5.74, 6) is -0.738. The van der Waals surface area contributed by atoms with Crippen molar-refractivity contribution in [3.05, 3.63) is 66.0 Å². The number of para-hydroxylation sites is 2. The molecule has 0 fully saturated rings. The quantitative estimate of drug-likeness (QED) is 0.708. The normalized spacial score (nSPS) is 15.9. The van der Waals surface area contributed by atoms with Crippen LogP contribution in [0.5, 0.6) is 0 Å². The highest BCUT2D eigenvalue weighted by atomic mass is 16.5. The number of aromatic nitrogens is 2. The Balaban J connectivity index is 1.31. The van der Waals surface area contributed by atoms with Gasteiger partial charge in [0.05, 0.1) is 23.4 Å². The predicted octanol–water partition coefficient (Wildman–Crippen LogP) is 2.77. The molecule has 4 rings (SSSR count). The molecule has 138 valence electrons. The van der Waals surface area contributed by atoms with Gasteiger partial charge in [0.25, 0.3) is 5.91 Å². The molecular formula is C21H21N3O3. The number of hydrogen-bond donors (Lipinski definition) is 1. The standard InChI is InChI=1S/C21H21N3O3/c25-20(23-17-10-5-7-15-6-1-2-8-16(15)17)13-27-21(26)12-24-14-22-18-9-3-4-11-19(18)24/h1-4,6,8-9,11,14,17H,5,7,10,12-13H2,(H,23,25)/t17-/m1/s1. The lowest BCUT2D eigenvalue weighted by Gasteiger charge is -2.26. The molecule has 1 aromatic heterocycles. The van der Waals surface area contributed by atoms with Gasteiger partial charge in [-0.3, -0.25) is 9.59 Å². The lowest BCUT2D eigenvalue weighted by molar-refractivity contribution is -0.149. The number of carbonyl (C=O) groups is 2.